The number of hydrogen-bond acceptors (Lipinski definition) is 5. The Morgan fingerprint density at radius 3 is 2.62 bits per heavy atom. The zero-order chi connectivity index (χ0) is 18.7. The highest BCUT2D eigenvalue weighted by Crippen LogP contribution is 2.36. The highest BCUT2D eigenvalue weighted by molar-refractivity contribution is 8.00. The average molecular weight is 397 g/mol. The van der Waals surface area contributed by atoms with E-state index in [2.05, 4.69) is 4.98 Å². The minimum absolute atomic E-state index is 0.183. The van der Waals surface area contributed by atoms with E-state index in [9.17, 15) is 18.0 Å². The average Bonchev–Trinajstić information content (AvgIpc) is 3.02. The van der Waals surface area contributed by atoms with Crippen molar-refractivity contribution in [1.82, 2.24) is 4.98 Å². The van der Waals surface area contributed by atoms with E-state index >= 15 is 0 Å². The van der Waals surface area contributed by atoms with Gasteiger partial charge < -0.3 is 4.74 Å². The first-order valence-corrected chi connectivity index (χ1v) is 9.41. The molecule has 0 bridgehead atoms. The molecule has 3 nitrogen and oxygen atoms in total. The molecule has 0 aliphatic rings. The SMILES string of the molecule is COC(=O)Cc1ccccc1CSc1nc2cc(C(F)(F)F)ccc2s1. The lowest BCUT2D eigenvalue weighted by molar-refractivity contribution is -0.140. The molecule has 0 spiro atoms. The molecule has 3 rings (SSSR count). The van der Waals surface area contributed by atoms with Crippen molar-refractivity contribution in [2.45, 2.75) is 22.7 Å². The molecule has 3 aromatic rings. The highest BCUT2D eigenvalue weighted by Gasteiger charge is 2.30. The van der Waals surface area contributed by atoms with E-state index in [1.54, 1.807) is 0 Å². The van der Waals surface area contributed by atoms with Gasteiger partial charge in [0.2, 0.25) is 0 Å². The quantitative estimate of drug-likeness (QED) is 0.431. The molecule has 0 aliphatic heterocycles. The Hall–Kier alpha value is -2.06. The smallest absolute Gasteiger partial charge is 0.416 e. The number of hydrogen-bond donors (Lipinski definition) is 0. The third kappa shape index (κ3) is 4.37. The van der Waals surface area contributed by atoms with Crippen LogP contribution in [0.5, 0.6) is 0 Å². The van der Waals surface area contributed by atoms with E-state index in [1.165, 1.54) is 36.3 Å². The summed E-state index contributed by atoms with van der Waals surface area (Å²) in [5, 5.41) is 0. The summed E-state index contributed by atoms with van der Waals surface area (Å²) in [7, 11) is 1.34. The van der Waals surface area contributed by atoms with E-state index in [1.807, 2.05) is 24.3 Å². The van der Waals surface area contributed by atoms with E-state index in [0.717, 1.165) is 23.3 Å². The van der Waals surface area contributed by atoms with Crippen molar-refractivity contribution in [3.63, 3.8) is 0 Å². The van der Waals surface area contributed by atoms with Gasteiger partial charge in [-0.3, -0.25) is 4.79 Å². The number of benzene rings is 2. The van der Waals surface area contributed by atoms with Crippen LogP contribution in [0.15, 0.2) is 46.8 Å². The fourth-order valence-electron chi connectivity index (χ4n) is 2.38. The summed E-state index contributed by atoms with van der Waals surface area (Å²) in [5.41, 5.74) is 1.48. The molecule has 0 fully saturated rings. The topological polar surface area (TPSA) is 39.2 Å². The van der Waals surface area contributed by atoms with Crippen LogP contribution >= 0.6 is 23.1 Å². The number of ether oxygens (including phenoxy) is 1. The van der Waals surface area contributed by atoms with E-state index in [-0.39, 0.29) is 12.4 Å². The van der Waals surface area contributed by atoms with Gasteiger partial charge in [0, 0.05) is 5.75 Å². The first-order chi connectivity index (χ1) is 12.4. The largest absolute Gasteiger partial charge is 0.469 e. The van der Waals surface area contributed by atoms with Gasteiger partial charge in [-0.1, -0.05) is 36.0 Å². The van der Waals surface area contributed by atoms with Crippen molar-refractivity contribution in [1.29, 1.82) is 0 Å². The van der Waals surface area contributed by atoms with Crippen LogP contribution in [0.4, 0.5) is 13.2 Å². The van der Waals surface area contributed by atoms with E-state index in [0.29, 0.717) is 20.3 Å². The maximum absolute atomic E-state index is 12.8. The lowest BCUT2D eigenvalue weighted by atomic mass is 10.1. The predicted molar refractivity (Wildman–Crippen MR) is 96.3 cm³/mol. The number of fused-ring (bicyclic) bond motifs is 1. The number of methoxy groups -OCH3 is 1. The fraction of sp³-hybridized carbons (Fsp3) is 0.222. The van der Waals surface area contributed by atoms with Gasteiger partial charge in [0.25, 0.3) is 0 Å². The minimum Gasteiger partial charge on any atom is -0.469 e. The van der Waals surface area contributed by atoms with Crippen LogP contribution in [0, 0.1) is 0 Å². The van der Waals surface area contributed by atoms with Gasteiger partial charge >= 0.3 is 12.1 Å². The van der Waals surface area contributed by atoms with Gasteiger partial charge in [0.1, 0.15) is 0 Å². The van der Waals surface area contributed by atoms with Gasteiger partial charge in [-0.15, -0.1) is 11.3 Å². The second kappa shape index (κ2) is 7.67. The van der Waals surface area contributed by atoms with Crippen molar-refractivity contribution in [2.75, 3.05) is 7.11 Å². The first kappa shape index (κ1) is 18.7. The molecule has 0 atom stereocenters. The zero-order valence-electron chi connectivity index (χ0n) is 13.7. The second-order valence-corrected chi connectivity index (χ2v) is 7.72. The normalized spacial score (nSPS) is 11.7. The monoisotopic (exact) mass is 397 g/mol. The molecular formula is C18H14F3NO2S2. The number of alkyl halides is 3. The third-order valence-corrected chi connectivity index (χ3v) is 5.96. The zero-order valence-corrected chi connectivity index (χ0v) is 15.3. The summed E-state index contributed by atoms with van der Waals surface area (Å²) in [6.45, 7) is 0. The molecule has 2 aromatic carbocycles. The van der Waals surface area contributed by atoms with E-state index in [4.69, 9.17) is 4.74 Å². The van der Waals surface area contributed by atoms with Gasteiger partial charge in [-0.2, -0.15) is 13.2 Å². The Morgan fingerprint density at radius 1 is 1.19 bits per heavy atom. The Bertz CT molecular complexity index is 938. The van der Waals surface area contributed by atoms with Crippen molar-refractivity contribution >= 4 is 39.3 Å². The van der Waals surface area contributed by atoms with Crippen LogP contribution in [0.25, 0.3) is 10.2 Å². The summed E-state index contributed by atoms with van der Waals surface area (Å²) >= 11 is 2.79. The summed E-state index contributed by atoms with van der Waals surface area (Å²) in [6.07, 6.45) is -4.19. The summed E-state index contributed by atoms with van der Waals surface area (Å²) < 4.78 is 44.5. The molecule has 0 unspecified atom stereocenters. The third-order valence-electron chi connectivity index (χ3n) is 3.73. The van der Waals surface area contributed by atoms with Crippen LogP contribution in [-0.4, -0.2) is 18.1 Å². The molecule has 0 N–H and O–H groups in total. The molecule has 0 aliphatic carbocycles. The highest BCUT2D eigenvalue weighted by atomic mass is 32.2. The molecule has 136 valence electrons. The van der Waals surface area contributed by atoms with Crippen LogP contribution in [0.1, 0.15) is 16.7 Å². The molecule has 0 saturated heterocycles. The Labute approximate surface area is 156 Å². The molecule has 0 saturated carbocycles. The number of rotatable bonds is 5. The maximum Gasteiger partial charge on any atom is 0.416 e. The standard InChI is InChI=1S/C18H14F3NO2S2/c1-24-16(23)8-11-4-2-3-5-12(11)10-25-17-22-14-9-13(18(19,20)21)6-7-15(14)26-17/h2-7,9H,8,10H2,1H3. The van der Waals surface area contributed by atoms with Crippen molar-refractivity contribution in [2.24, 2.45) is 0 Å². The molecule has 0 radical (unpaired) electrons. The Morgan fingerprint density at radius 2 is 1.92 bits per heavy atom. The summed E-state index contributed by atoms with van der Waals surface area (Å²) in [4.78, 5) is 15.8. The summed E-state index contributed by atoms with van der Waals surface area (Å²) in [5.74, 6) is 0.251. The van der Waals surface area contributed by atoms with Crippen molar-refractivity contribution in [3.8, 4) is 0 Å². The predicted octanol–water partition coefficient (Wildman–Crippen LogP) is 5.32. The second-order valence-electron chi connectivity index (χ2n) is 5.47. The lowest BCUT2D eigenvalue weighted by Crippen LogP contribution is -2.06. The minimum atomic E-state index is -4.38. The number of thiazole rings is 1. The van der Waals surface area contributed by atoms with Crippen molar-refractivity contribution < 1.29 is 22.7 Å². The Kier molecular flexibility index (Phi) is 5.52. The van der Waals surface area contributed by atoms with Crippen LogP contribution < -0.4 is 0 Å². The van der Waals surface area contributed by atoms with Gasteiger partial charge in [0.05, 0.1) is 29.3 Å². The van der Waals surface area contributed by atoms with Crippen molar-refractivity contribution in [3.05, 3.63) is 59.2 Å². The number of thioether (sulfide) groups is 1. The summed E-state index contributed by atoms with van der Waals surface area (Å²) in [6, 6.07) is 11.1. The maximum atomic E-state index is 12.8. The molecule has 1 aromatic heterocycles. The number of esters is 1. The van der Waals surface area contributed by atoms with Gasteiger partial charge in [0.15, 0.2) is 4.34 Å². The number of carbonyl (C=O) groups is 1. The van der Waals surface area contributed by atoms with Crippen LogP contribution in [-0.2, 0) is 27.9 Å². The number of nitrogens with zero attached hydrogens (tertiary/aromatic N) is 1. The molecule has 8 heteroatoms. The number of carbonyl (C=O) groups excluding carboxylic acids is 1. The van der Waals surface area contributed by atoms with E-state index < -0.39 is 11.7 Å². The first-order valence-electron chi connectivity index (χ1n) is 7.61. The number of aromatic nitrogens is 1. The van der Waals surface area contributed by atoms with Gasteiger partial charge in [-0.25, -0.2) is 4.98 Å². The Balaban J connectivity index is 1.77. The lowest BCUT2D eigenvalue weighted by Gasteiger charge is -2.07. The fourth-order valence-corrected chi connectivity index (χ4v) is 4.46. The van der Waals surface area contributed by atoms with Gasteiger partial charge in [-0.05, 0) is 29.3 Å². The van der Waals surface area contributed by atoms with Crippen LogP contribution in [0.2, 0.25) is 0 Å². The molecule has 0 amide bonds. The molecule has 1 heterocycles. The molecular weight excluding hydrogens is 383 g/mol. The molecule has 26 heavy (non-hydrogen) atoms. The number of halogens is 3. The van der Waals surface area contributed by atoms with Crippen LogP contribution in [0.3, 0.4) is 0 Å².